The van der Waals surface area contributed by atoms with Gasteiger partial charge in [0, 0.05) is 25.3 Å². The first-order valence-electron chi connectivity index (χ1n) is 6.73. The molecule has 1 aromatic rings. The molecule has 1 N–H and O–H groups in total. The Labute approximate surface area is 104 Å². The Balaban J connectivity index is 2.09. The van der Waals surface area contributed by atoms with E-state index in [1.807, 2.05) is 12.4 Å². The second-order valence-corrected chi connectivity index (χ2v) is 4.87. The van der Waals surface area contributed by atoms with Gasteiger partial charge in [-0.3, -0.25) is 4.98 Å². The van der Waals surface area contributed by atoms with E-state index in [4.69, 9.17) is 0 Å². The van der Waals surface area contributed by atoms with Crippen molar-refractivity contribution in [3.63, 3.8) is 0 Å². The molecule has 0 saturated carbocycles. The molecule has 94 valence electrons. The molecule has 1 aliphatic rings. The maximum Gasteiger partial charge on any atom is 0.0600 e. The maximum atomic E-state index is 4.28. The molecule has 2 heterocycles. The number of anilines is 1. The van der Waals surface area contributed by atoms with Gasteiger partial charge in [-0.1, -0.05) is 6.92 Å². The molecule has 1 aromatic heterocycles. The van der Waals surface area contributed by atoms with Gasteiger partial charge < -0.3 is 10.2 Å². The van der Waals surface area contributed by atoms with Gasteiger partial charge in [-0.2, -0.15) is 0 Å². The van der Waals surface area contributed by atoms with E-state index in [2.05, 4.69) is 35.1 Å². The minimum atomic E-state index is 0.657. The molecule has 1 unspecified atom stereocenters. The number of hydrogen-bond donors (Lipinski definition) is 1. The summed E-state index contributed by atoms with van der Waals surface area (Å²) in [5.41, 5.74) is 2.70. The SMILES string of the molecule is CCCNCc1ccncc1N1CCCC1C. The van der Waals surface area contributed by atoms with Crippen molar-refractivity contribution in [1.82, 2.24) is 10.3 Å². The molecule has 1 saturated heterocycles. The summed E-state index contributed by atoms with van der Waals surface area (Å²) in [6, 6.07) is 2.80. The number of nitrogens with one attached hydrogen (secondary N) is 1. The van der Waals surface area contributed by atoms with Crippen molar-refractivity contribution >= 4 is 5.69 Å². The number of hydrogen-bond acceptors (Lipinski definition) is 3. The van der Waals surface area contributed by atoms with Crippen LogP contribution in [0, 0.1) is 0 Å². The summed E-state index contributed by atoms with van der Waals surface area (Å²) in [5.74, 6) is 0. The van der Waals surface area contributed by atoms with Gasteiger partial charge in [-0.15, -0.1) is 0 Å². The number of rotatable bonds is 5. The van der Waals surface area contributed by atoms with Crippen molar-refractivity contribution in [2.45, 2.75) is 45.7 Å². The van der Waals surface area contributed by atoms with E-state index in [1.54, 1.807) is 0 Å². The lowest BCUT2D eigenvalue weighted by atomic mass is 10.2. The molecule has 2 rings (SSSR count). The molecule has 0 aliphatic carbocycles. The molecule has 3 heteroatoms. The summed E-state index contributed by atoms with van der Waals surface area (Å²) in [6.45, 7) is 7.71. The highest BCUT2D eigenvalue weighted by Crippen LogP contribution is 2.27. The van der Waals surface area contributed by atoms with E-state index in [1.165, 1.54) is 37.1 Å². The number of nitrogens with zero attached hydrogens (tertiary/aromatic N) is 2. The van der Waals surface area contributed by atoms with Gasteiger partial charge in [0.2, 0.25) is 0 Å². The highest BCUT2D eigenvalue weighted by molar-refractivity contribution is 5.53. The smallest absolute Gasteiger partial charge is 0.0600 e. The van der Waals surface area contributed by atoms with Crippen LogP contribution in [0.4, 0.5) is 5.69 Å². The number of pyridine rings is 1. The standard InChI is InChI=1S/C14H23N3/c1-3-7-15-10-13-6-8-16-11-14(13)17-9-4-5-12(17)2/h6,8,11-12,15H,3-5,7,9-10H2,1-2H3. The minimum absolute atomic E-state index is 0.657. The van der Waals surface area contributed by atoms with Gasteiger partial charge >= 0.3 is 0 Å². The second kappa shape index (κ2) is 6.01. The zero-order valence-corrected chi connectivity index (χ0v) is 10.9. The second-order valence-electron chi connectivity index (χ2n) is 4.87. The zero-order valence-electron chi connectivity index (χ0n) is 10.9. The lowest BCUT2D eigenvalue weighted by Gasteiger charge is -2.26. The average Bonchev–Trinajstić information content (AvgIpc) is 2.76. The first kappa shape index (κ1) is 12.4. The van der Waals surface area contributed by atoms with Crippen molar-refractivity contribution in [2.75, 3.05) is 18.0 Å². The Kier molecular flexibility index (Phi) is 4.37. The summed E-state index contributed by atoms with van der Waals surface area (Å²) < 4.78 is 0. The Morgan fingerprint density at radius 1 is 1.53 bits per heavy atom. The van der Waals surface area contributed by atoms with E-state index in [0.717, 1.165) is 13.1 Å². The van der Waals surface area contributed by atoms with E-state index in [0.29, 0.717) is 6.04 Å². The van der Waals surface area contributed by atoms with Crippen LogP contribution in [0.2, 0.25) is 0 Å². The van der Waals surface area contributed by atoms with Crippen molar-refractivity contribution in [2.24, 2.45) is 0 Å². The average molecular weight is 233 g/mol. The van der Waals surface area contributed by atoms with Crippen LogP contribution in [-0.2, 0) is 6.54 Å². The Morgan fingerprint density at radius 2 is 2.41 bits per heavy atom. The molecule has 0 aromatic carbocycles. The van der Waals surface area contributed by atoms with Crippen molar-refractivity contribution in [1.29, 1.82) is 0 Å². The van der Waals surface area contributed by atoms with Gasteiger partial charge in [0.05, 0.1) is 11.9 Å². The third-order valence-electron chi connectivity index (χ3n) is 3.49. The predicted molar refractivity (Wildman–Crippen MR) is 72.3 cm³/mol. The fourth-order valence-corrected chi connectivity index (χ4v) is 2.51. The molecule has 1 fully saturated rings. The lowest BCUT2D eigenvalue weighted by Crippen LogP contribution is -2.28. The van der Waals surface area contributed by atoms with Crippen molar-refractivity contribution < 1.29 is 0 Å². The summed E-state index contributed by atoms with van der Waals surface area (Å²) in [4.78, 5) is 6.78. The van der Waals surface area contributed by atoms with E-state index < -0.39 is 0 Å². The van der Waals surface area contributed by atoms with Crippen LogP contribution in [-0.4, -0.2) is 24.1 Å². The van der Waals surface area contributed by atoms with Crippen LogP contribution >= 0.6 is 0 Å². The predicted octanol–water partition coefficient (Wildman–Crippen LogP) is 2.57. The first-order valence-corrected chi connectivity index (χ1v) is 6.73. The number of aromatic nitrogens is 1. The highest BCUT2D eigenvalue weighted by Gasteiger charge is 2.22. The molecule has 0 radical (unpaired) electrons. The van der Waals surface area contributed by atoms with Gasteiger partial charge in [-0.25, -0.2) is 0 Å². The fraction of sp³-hybridized carbons (Fsp3) is 0.643. The molecule has 1 aliphatic heterocycles. The Bertz CT molecular complexity index is 351. The molecule has 17 heavy (non-hydrogen) atoms. The third-order valence-corrected chi connectivity index (χ3v) is 3.49. The van der Waals surface area contributed by atoms with Crippen LogP contribution in [0.25, 0.3) is 0 Å². The zero-order chi connectivity index (χ0) is 12.1. The summed E-state index contributed by atoms with van der Waals surface area (Å²) in [7, 11) is 0. The van der Waals surface area contributed by atoms with E-state index in [9.17, 15) is 0 Å². The van der Waals surface area contributed by atoms with E-state index in [-0.39, 0.29) is 0 Å². The van der Waals surface area contributed by atoms with Crippen LogP contribution in [0.1, 0.15) is 38.7 Å². The Morgan fingerprint density at radius 3 is 3.12 bits per heavy atom. The molecule has 0 amide bonds. The first-order chi connectivity index (χ1) is 8.33. The lowest BCUT2D eigenvalue weighted by molar-refractivity contribution is 0.668. The minimum Gasteiger partial charge on any atom is -0.367 e. The molecular formula is C14H23N3. The third kappa shape index (κ3) is 2.97. The largest absolute Gasteiger partial charge is 0.367 e. The highest BCUT2D eigenvalue weighted by atomic mass is 15.2. The van der Waals surface area contributed by atoms with Crippen LogP contribution in [0.5, 0.6) is 0 Å². The van der Waals surface area contributed by atoms with Crippen molar-refractivity contribution in [3.8, 4) is 0 Å². The normalized spacial score (nSPS) is 19.9. The van der Waals surface area contributed by atoms with Crippen LogP contribution in [0.15, 0.2) is 18.5 Å². The molecule has 0 spiro atoms. The van der Waals surface area contributed by atoms with Gasteiger partial charge in [0.15, 0.2) is 0 Å². The maximum absolute atomic E-state index is 4.28. The van der Waals surface area contributed by atoms with E-state index >= 15 is 0 Å². The molecule has 1 atom stereocenters. The molecular weight excluding hydrogens is 210 g/mol. The van der Waals surface area contributed by atoms with Crippen molar-refractivity contribution in [3.05, 3.63) is 24.0 Å². The monoisotopic (exact) mass is 233 g/mol. The molecule has 3 nitrogen and oxygen atoms in total. The van der Waals surface area contributed by atoms with Gasteiger partial charge in [0.1, 0.15) is 0 Å². The Hall–Kier alpha value is -1.09. The van der Waals surface area contributed by atoms with Gasteiger partial charge in [0.25, 0.3) is 0 Å². The summed E-state index contributed by atoms with van der Waals surface area (Å²) in [6.07, 6.45) is 7.70. The summed E-state index contributed by atoms with van der Waals surface area (Å²) >= 11 is 0. The van der Waals surface area contributed by atoms with Crippen LogP contribution in [0.3, 0.4) is 0 Å². The van der Waals surface area contributed by atoms with Gasteiger partial charge in [-0.05, 0) is 44.4 Å². The topological polar surface area (TPSA) is 28.2 Å². The summed E-state index contributed by atoms with van der Waals surface area (Å²) in [5, 5.41) is 3.48. The van der Waals surface area contributed by atoms with Crippen LogP contribution < -0.4 is 10.2 Å². The fourth-order valence-electron chi connectivity index (χ4n) is 2.51. The quantitative estimate of drug-likeness (QED) is 0.792. The molecule has 0 bridgehead atoms.